The molecule has 1 atom stereocenters. The largest absolute Gasteiger partial charge is 0.508 e. The minimum absolute atomic E-state index is 0.0268. The van der Waals surface area contributed by atoms with Gasteiger partial charge in [-0.05, 0) is 47.2 Å². The van der Waals surface area contributed by atoms with E-state index in [0.717, 1.165) is 15.2 Å². The van der Waals surface area contributed by atoms with Crippen LogP contribution in [0.1, 0.15) is 27.5 Å². The minimum atomic E-state index is -0.758. The van der Waals surface area contributed by atoms with Gasteiger partial charge in [-0.2, -0.15) is 0 Å². The number of rotatable bonds is 4. The highest BCUT2D eigenvalue weighted by atomic mass is 79.9. The lowest BCUT2D eigenvalue weighted by molar-refractivity contribution is 0.0942. The summed E-state index contributed by atoms with van der Waals surface area (Å²) >= 11 is 3.43. The maximum atomic E-state index is 13.0. The fourth-order valence-corrected chi connectivity index (χ4v) is 3.83. The molecule has 144 valence electrons. The SMILES string of the molecule is O=C(NC(c1cc(Br)ccc1O)c1c(O)ccc2ccccc12)c1ccccc1. The molecule has 0 aliphatic rings. The first-order valence-electron chi connectivity index (χ1n) is 9.09. The lowest BCUT2D eigenvalue weighted by Crippen LogP contribution is -2.29. The van der Waals surface area contributed by atoms with Gasteiger partial charge in [-0.3, -0.25) is 4.79 Å². The molecule has 5 heteroatoms. The summed E-state index contributed by atoms with van der Waals surface area (Å²) in [6.45, 7) is 0. The van der Waals surface area contributed by atoms with Crippen molar-refractivity contribution in [1.82, 2.24) is 5.32 Å². The van der Waals surface area contributed by atoms with Gasteiger partial charge in [0.15, 0.2) is 0 Å². The average Bonchev–Trinajstić information content (AvgIpc) is 2.75. The molecule has 3 N–H and O–H groups in total. The summed E-state index contributed by atoms with van der Waals surface area (Å²) in [7, 11) is 0. The van der Waals surface area contributed by atoms with Crippen LogP contribution in [0.25, 0.3) is 10.8 Å². The minimum Gasteiger partial charge on any atom is -0.508 e. The van der Waals surface area contributed by atoms with Gasteiger partial charge in [-0.25, -0.2) is 0 Å². The summed E-state index contributed by atoms with van der Waals surface area (Å²) in [4.78, 5) is 13.0. The van der Waals surface area contributed by atoms with Gasteiger partial charge in [0.1, 0.15) is 11.5 Å². The van der Waals surface area contributed by atoms with E-state index in [2.05, 4.69) is 21.2 Å². The van der Waals surface area contributed by atoms with E-state index in [1.807, 2.05) is 36.4 Å². The van der Waals surface area contributed by atoms with Crippen molar-refractivity contribution in [3.8, 4) is 11.5 Å². The fraction of sp³-hybridized carbons (Fsp3) is 0.0417. The zero-order valence-electron chi connectivity index (χ0n) is 15.3. The molecule has 0 fully saturated rings. The zero-order valence-corrected chi connectivity index (χ0v) is 16.9. The number of hydrogen-bond donors (Lipinski definition) is 3. The van der Waals surface area contributed by atoms with E-state index < -0.39 is 6.04 Å². The maximum Gasteiger partial charge on any atom is 0.252 e. The van der Waals surface area contributed by atoms with Crippen molar-refractivity contribution in [2.75, 3.05) is 0 Å². The van der Waals surface area contributed by atoms with Gasteiger partial charge < -0.3 is 15.5 Å². The molecule has 1 amide bonds. The molecule has 0 radical (unpaired) electrons. The Morgan fingerprint density at radius 3 is 2.31 bits per heavy atom. The standard InChI is InChI=1S/C24H18BrNO3/c25-17-11-13-20(27)19(14-17)23(26-24(29)16-7-2-1-3-8-16)22-18-9-5-4-6-15(18)10-12-21(22)28/h1-14,23,27-28H,(H,26,29). The van der Waals surface area contributed by atoms with E-state index >= 15 is 0 Å². The number of hydrogen-bond acceptors (Lipinski definition) is 3. The Hall–Kier alpha value is -3.31. The maximum absolute atomic E-state index is 13.0. The zero-order chi connectivity index (χ0) is 20.4. The molecular weight excluding hydrogens is 430 g/mol. The first-order chi connectivity index (χ1) is 14.0. The number of fused-ring (bicyclic) bond motifs is 1. The second-order valence-electron chi connectivity index (χ2n) is 6.70. The Bertz CT molecular complexity index is 1190. The summed E-state index contributed by atoms with van der Waals surface area (Å²) < 4.78 is 0.754. The second-order valence-corrected chi connectivity index (χ2v) is 7.61. The highest BCUT2D eigenvalue weighted by molar-refractivity contribution is 9.10. The molecule has 0 saturated carbocycles. The Labute approximate surface area is 176 Å². The number of phenols is 2. The highest BCUT2D eigenvalue weighted by Crippen LogP contribution is 2.39. The molecule has 4 aromatic carbocycles. The van der Waals surface area contributed by atoms with Crippen LogP contribution in [-0.2, 0) is 0 Å². The Morgan fingerprint density at radius 1 is 0.828 bits per heavy atom. The van der Waals surface area contributed by atoms with Crippen molar-refractivity contribution in [1.29, 1.82) is 0 Å². The monoisotopic (exact) mass is 447 g/mol. The molecule has 0 saturated heterocycles. The topological polar surface area (TPSA) is 69.6 Å². The van der Waals surface area contributed by atoms with Gasteiger partial charge in [0.2, 0.25) is 0 Å². The Kier molecular flexibility index (Phi) is 5.23. The number of benzene rings is 4. The van der Waals surface area contributed by atoms with Crippen LogP contribution in [0.4, 0.5) is 0 Å². The molecule has 0 aliphatic heterocycles. The van der Waals surface area contributed by atoms with Gasteiger partial charge in [-0.15, -0.1) is 0 Å². The van der Waals surface area contributed by atoms with Crippen molar-refractivity contribution < 1.29 is 15.0 Å². The normalized spacial score (nSPS) is 11.9. The Morgan fingerprint density at radius 2 is 1.52 bits per heavy atom. The molecule has 0 aromatic heterocycles. The number of carbonyl (C=O) groups excluding carboxylic acids is 1. The second kappa shape index (κ2) is 7.97. The van der Waals surface area contributed by atoms with E-state index in [-0.39, 0.29) is 17.4 Å². The van der Waals surface area contributed by atoms with Gasteiger partial charge in [-0.1, -0.05) is 64.5 Å². The number of carbonyl (C=O) groups is 1. The van der Waals surface area contributed by atoms with E-state index in [1.54, 1.807) is 48.5 Å². The molecule has 0 bridgehead atoms. The van der Waals surface area contributed by atoms with E-state index in [1.165, 1.54) is 0 Å². The Balaban J connectivity index is 1.91. The lowest BCUT2D eigenvalue weighted by Gasteiger charge is -2.23. The number of amides is 1. The molecule has 1 unspecified atom stereocenters. The quantitative estimate of drug-likeness (QED) is 0.384. The van der Waals surface area contributed by atoms with Crippen LogP contribution in [0, 0.1) is 0 Å². The summed E-state index contributed by atoms with van der Waals surface area (Å²) in [5.74, 6) is -0.234. The number of phenolic OH excluding ortho intramolecular Hbond substituents is 2. The van der Waals surface area contributed by atoms with Crippen LogP contribution in [0.3, 0.4) is 0 Å². The molecule has 4 rings (SSSR count). The van der Waals surface area contributed by atoms with E-state index in [0.29, 0.717) is 16.7 Å². The van der Waals surface area contributed by atoms with Crippen molar-refractivity contribution in [2.24, 2.45) is 0 Å². The summed E-state index contributed by atoms with van der Waals surface area (Å²) in [6, 6.07) is 24.2. The van der Waals surface area contributed by atoms with Gasteiger partial charge >= 0.3 is 0 Å². The third-order valence-corrected chi connectivity index (χ3v) is 5.34. The highest BCUT2D eigenvalue weighted by Gasteiger charge is 2.25. The summed E-state index contributed by atoms with van der Waals surface area (Å²) in [5, 5.41) is 26.0. The van der Waals surface area contributed by atoms with Gasteiger partial charge in [0, 0.05) is 21.2 Å². The van der Waals surface area contributed by atoms with Crippen LogP contribution in [0.5, 0.6) is 11.5 Å². The van der Waals surface area contributed by atoms with Crippen molar-refractivity contribution >= 4 is 32.6 Å². The first-order valence-corrected chi connectivity index (χ1v) is 9.89. The molecule has 4 aromatic rings. The van der Waals surface area contributed by atoms with Crippen molar-refractivity contribution in [2.45, 2.75) is 6.04 Å². The molecule has 0 aliphatic carbocycles. The predicted molar refractivity (Wildman–Crippen MR) is 117 cm³/mol. The van der Waals surface area contributed by atoms with Crippen LogP contribution < -0.4 is 5.32 Å². The molecule has 0 spiro atoms. The van der Waals surface area contributed by atoms with Gasteiger partial charge in [0.05, 0.1) is 6.04 Å². The van der Waals surface area contributed by atoms with Gasteiger partial charge in [0.25, 0.3) is 5.91 Å². The van der Waals surface area contributed by atoms with Crippen molar-refractivity contribution in [3.05, 3.63) is 106 Å². The number of aromatic hydroxyl groups is 2. The lowest BCUT2D eigenvalue weighted by atomic mass is 9.92. The van der Waals surface area contributed by atoms with E-state index in [9.17, 15) is 15.0 Å². The molecule has 0 heterocycles. The predicted octanol–water partition coefficient (Wildman–Crippen LogP) is 5.53. The van der Waals surface area contributed by atoms with Crippen LogP contribution in [0.15, 0.2) is 89.4 Å². The van der Waals surface area contributed by atoms with Crippen LogP contribution in [0.2, 0.25) is 0 Å². The third-order valence-electron chi connectivity index (χ3n) is 4.85. The number of halogens is 1. The first kappa shape index (κ1) is 19.0. The summed E-state index contributed by atoms with van der Waals surface area (Å²) in [6.07, 6.45) is 0. The van der Waals surface area contributed by atoms with Crippen LogP contribution in [-0.4, -0.2) is 16.1 Å². The van der Waals surface area contributed by atoms with Crippen molar-refractivity contribution in [3.63, 3.8) is 0 Å². The van der Waals surface area contributed by atoms with E-state index in [4.69, 9.17) is 0 Å². The smallest absolute Gasteiger partial charge is 0.252 e. The third kappa shape index (κ3) is 3.82. The summed E-state index contributed by atoms with van der Waals surface area (Å²) in [5.41, 5.74) is 1.50. The molecule has 4 nitrogen and oxygen atoms in total. The molecular formula is C24H18BrNO3. The average molecular weight is 448 g/mol. The van der Waals surface area contributed by atoms with Crippen LogP contribution >= 0.6 is 15.9 Å². The molecule has 29 heavy (non-hydrogen) atoms. The fourth-order valence-electron chi connectivity index (χ4n) is 3.45. The number of nitrogens with one attached hydrogen (secondary N) is 1.